The van der Waals surface area contributed by atoms with Gasteiger partial charge >= 0.3 is 6.18 Å². The summed E-state index contributed by atoms with van der Waals surface area (Å²) in [7, 11) is 0. The van der Waals surface area contributed by atoms with Crippen LogP contribution in [0.25, 0.3) is 0 Å². The SMILES string of the molecule is NNC(=O)Cc1n[nH]c(CNc2cccc(C(F)(F)F)c2)n1. The van der Waals surface area contributed by atoms with Gasteiger partial charge in [0, 0.05) is 5.69 Å². The Labute approximate surface area is 123 Å². The lowest BCUT2D eigenvalue weighted by molar-refractivity contribution is -0.137. The Morgan fingerprint density at radius 2 is 2.14 bits per heavy atom. The van der Waals surface area contributed by atoms with Gasteiger partial charge in [-0.15, -0.1) is 0 Å². The summed E-state index contributed by atoms with van der Waals surface area (Å²) in [6, 6.07) is 4.80. The number of aromatic amines is 1. The van der Waals surface area contributed by atoms with Crippen LogP contribution in [0, 0.1) is 0 Å². The van der Waals surface area contributed by atoms with Crippen molar-refractivity contribution in [2.24, 2.45) is 5.84 Å². The van der Waals surface area contributed by atoms with Gasteiger partial charge in [-0.3, -0.25) is 15.3 Å². The van der Waals surface area contributed by atoms with Crippen LogP contribution in [0.5, 0.6) is 0 Å². The largest absolute Gasteiger partial charge is 0.416 e. The molecule has 0 bridgehead atoms. The highest BCUT2D eigenvalue weighted by molar-refractivity contribution is 5.76. The molecule has 0 spiro atoms. The number of H-pyrrole nitrogens is 1. The van der Waals surface area contributed by atoms with E-state index in [1.807, 2.05) is 5.43 Å². The molecule has 118 valence electrons. The van der Waals surface area contributed by atoms with Gasteiger partial charge in [0.05, 0.1) is 18.5 Å². The number of hydrogen-bond donors (Lipinski definition) is 4. The third-order valence-corrected chi connectivity index (χ3v) is 2.71. The maximum atomic E-state index is 12.6. The van der Waals surface area contributed by atoms with Crippen LogP contribution in [0.15, 0.2) is 24.3 Å². The molecular weight excluding hydrogens is 301 g/mol. The first-order valence-electron chi connectivity index (χ1n) is 6.19. The second-order valence-electron chi connectivity index (χ2n) is 4.37. The fourth-order valence-electron chi connectivity index (χ4n) is 1.68. The number of halogens is 3. The molecule has 2 aromatic rings. The number of alkyl halides is 3. The number of hydrazine groups is 1. The van der Waals surface area contributed by atoms with Crippen LogP contribution in [-0.4, -0.2) is 21.1 Å². The molecule has 0 saturated heterocycles. The highest BCUT2D eigenvalue weighted by Crippen LogP contribution is 2.30. The summed E-state index contributed by atoms with van der Waals surface area (Å²) >= 11 is 0. The predicted molar refractivity (Wildman–Crippen MR) is 71.2 cm³/mol. The molecule has 0 aliphatic rings. The van der Waals surface area contributed by atoms with E-state index < -0.39 is 17.6 Å². The molecule has 0 radical (unpaired) electrons. The summed E-state index contributed by atoms with van der Waals surface area (Å²) in [4.78, 5) is 15.1. The Hall–Kier alpha value is -2.62. The van der Waals surface area contributed by atoms with Crippen molar-refractivity contribution in [3.05, 3.63) is 41.5 Å². The number of nitrogens with one attached hydrogen (secondary N) is 3. The maximum absolute atomic E-state index is 12.6. The van der Waals surface area contributed by atoms with Crippen molar-refractivity contribution in [2.75, 3.05) is 5.32 Å². The third-order valence-electron chi connectivity index (χ3n) is 2.71. The Bertz CT molecular complexity index is 654. The molecule has 0 aliphatic heterocycles. The highest BCUT2D eigenvalue weighted by Gasteiger charge is 2.30. The molecule has 0 aliphatic carbocycles. The van der Waals surface area contributed by atoms with Crippen LogP contribution in [0.4, 0.5) is 18.9 Å². The maximum Gasteiger partial charge on any atom is 0.416 e. The average Bonchev–Trinajstić information content (AvgIpc) is 2.92. The molecule has 0 fully saturated rings. The Kier molecular flexibility index (Phi) is 4.61. The summed E-state index contributed by atoms with van der Waals surface area (Å²) in [5.74, 6) is 5.12. The minimum absolute atomic E-state index is 0.0867. The minimum Gasteiger partial charge on any atom is -0.378 e. The summed E-state index contributed by atoms with van der Waals surface area (Å²) in [5, 5.41) is 9.18. The second-order valence-corrected chi connectivity index (χ2v) is 4.37. The number of nitrogens with two attached hydrogens (primary N) is 1. The van der Waals surface area contributed by atoms with Crippen molar-refractivity contribution in [2.45, 2.75) is 19.1 Å². The number of nitrogens with zero attached hydrogens (tertiary/aromatic N) is 2. The van der Waals surface area contributed by atoms with E-state index >= 15 is 0 Å². The molecule has 1 aromatic carbocycles. The van der Waals surface area contributed by atoms with Gasteiger partial charge in [0.1, 0.15) is 5.82 Å². The van der Waals surface area contributed by atoms with Gasteiger partial charge < -0.3 is 5.32 Å². The van der Waals surface area contributed by atoms with E-state index in [2.05, 4.69) is 20.5 Å². The monoisotopic (exact) mass is 314 g/mol. The predicted octanol–water partition coefficient (Wildman–Crippen LogP) is 0.968. The molecular formula is C12H13F3N6O. The first kappa shape index (κ1) is 15.8. The van der Waals surface area contributed by atoms with Gasteiger partial charge in [0.25, 0.3) is 0 Å². The molecule has 5 N–H and O–H groups in total. The van der Waals surface area contributed by atoms with Crippen LogP contribution in [0.2, 0.25) is 0 Å². The first-order valence-corrected chi connectivity index (χ1v) is 6.19. The molecule has 10 heteroatoms. The van der Waals surface area contributed by atoms with Gasteiger partial charge in [-0.25, -0.2) is 10.8 Å². The van der Waals surface area contributed by atoms with Crippen LogP contribution in [0.1, 0.15) is 17.2 Å². The molecule has 0 saturated carbocycles. The number of carbonyl (C=O) groups is 1. The van der Waals surface area contributed by atoms with Gasteiger partial charge in [-0.1, -0.05) is 6.07 Å². The summed E-state index contributed by atoms with van der Waals surface area (Å²) < 4.78 is 37.8. The Balaban J connectivity index is 1.97. The average molecular weight is 314 g/mol. The van der Waals surface area contributed by atoms with E-state index in [9.17, 15) is 18.0 Å². The standard InChI is InChI=1S/C12H13F3N6O/c13-12(14,15)7-2-1-3-8(4-7)17-6-10-18-9(20-21-10)5-11(22)19-16/h1-4,17H,5-6,16H2,(H,19,22)(H,18,20,21). The smallest absolute Gasteiger partial charge is 0.378 e. The van der Waals surface area contributed by atoms with E-state index in [1.165, 1.54) is 12.1 Å². The number of amides is 1. The zero-order valence-electron chi connectivity index (χ0n) is 11.2. The molecule has 1 heterocycles. The van der Waals surface area contributed by atoms with E-state index in [0.717, 1.165) is 12.1 Å². The van der Waals surface area contributed by atoms with Crippen LogP contribution in [0.3, 0.4) is 0 Å². The van der Waals surface area contributed by atoms with Gasteiger partial charge in [-0.05, 0) is 18.2 Å². The Morgan fingerprint density at radius 3 is 2.82 bits per heavy atom. The van der Waals surface area contributed by atoms with Crippen LogP contribution in [-0.2, 0) is 23.9 Å². The molecule has 1 aromatic heterocycles. The van der Waals surface area contributed by atoms with Crippen molar-refractivity contribution in [1.29, 1.82) is 0 Å². The van der Waals surface area contributed by atoms with Crippen LogP contribution >= 0.6 is 0 Å². The zero-order chi connectivity index (χ0) is 16.2. The van der Waals surface area contributed by atoms with Crippen LogP contribution < -0.4 is 16.6 Å². The molecule has 22 heavy (non-hydrogen) atoms. The van der Waals surface area contributed by atoms with Crippen molar-refractivity contribution >= 4 is 11.6 Å². The lowest BCUT2D eigenvalue weighted by Crippen LogP contribution is -2.31. The number of aromatic nitrogens is 3. The summed E-state index contributed by atoms with van der Waals surface area (Å²) in [5.41, 5.74) is 1.50. The number of benzene rings is 1. The van der Waals surface area contributed by atoms with E-state index in [-0.39, 0.29) is 18.8 Å². The highest BCUT2D eigenvalue weighted by atomic mass is 19.4. The fourth-order valence-corrected chi connectivity index (χ4v) is 1.68. The van der Waals surface area contributed by atoms with Crippen molar-refractivity contribution in [1.82, 2.24) is 20.6 Å². The number of rotatable bonds is 5. The van der Waals surface area contributed by atoms with Crippen molar-refractivity contribution < 1.29 is 18.0 Å². The first-order chi connectivity index (χ1) is 10.4. The molecule has 1 amide bonds. The molecule has 2 rings (SSSR count). The number of carbonyl (C=O) groups excluding carboxylic acids is 1. The van der Waals surface area contributed by atoms with E-state index in [0.29, 0.717) is 11.5 Å². The quantitative estimate of drug-likeness (QED) is 0.373. The van der Waals surface area contributed by atoms with E-state index in [1.54, 1.807) is 0 Å². The fraction of sp³-hybridized carbons (Fsp3) is 0.250. The Morgan fingerprint density at radius 1 is 1.36 bits per heavy atom. The summed E-state index contributed by atoms with van der Waals surface area (Å²) in [6.45, 7) is 0.137. The van der Waals surface area contributed by atoms with Gasteiger partial charge in [0.15, 0.2) is 5.82 Å². The molecule has 0 unspecified atom stereocenters. The summed E-state index contributed by atoms with van der Waals surface area (Å²) in [6.07, 6.45) is -4.48. The second kappa shape index (κ2) is 6.43. The molecule has 7 nitrogen and oxygen atoms in total. The number of hydrogen-bond acceptors (Lipinski definition) is 5. The topological polar surface area (TPSA) is 109 Å². The lowest BCUT2D eigenvalue weighted by atomic mass is 10.2. The molecule has 0 atom stereocenters. The third kappa shape index (κ3) is 4.19. The lowest BCUT2D eigenvalue weighted by Gasteiger charge is -2.09. The van der Waals surface area contributed by atoms with Crippen molar-refractivity contribution in [3.8, 4) is 0 Å². The van der Waals surface area contributed by atoms with Crippen molar-refractivity contribution in [3.63, 3.8) is 0 Å². The van der Waals surface area contributed by atoms with Gasteiger partial charge in [0.2, 0.25) is 5.91 Å². The number of anilines is 1. The zero-order valence-corrected chi connectivity index (χ0v) is 11.2. The normalized spacial score (nSPS) is 11.3. The van der Waals surface area contributed by atoms with E-state index in [4.69, 9.17) is 5.84 Å². The van der Waals surface area contributed by atoms with Gasteiger partial charge in [-0.2, -0.15) is 18.3 Å². The minimum atomic E-state index is -4.40.